The van der Waals surface area contributed by atoms with Crippen molar-refractivity contribution in [1.29, 1.82) is 0 Å². The lowest BCUT2D eigenvalue weighted by molar-refractivity contribution is -0.184. The first kappa shape index (κ1) is 15.1. The van der Waals surface area contributed by atoms with Crippen molar-refractivity contribution in [3.63, 3.8) is 0 Å². The van der Waals surface area contributed by atoms with Crippen LogP contribution < -0.4 is 0 Å². The fourth-order valence-electron chi connectivity index (χ4n) is 2.96. The minimum atomic E-state index is -5.05. The molecule has 2 rings (SSSR count). The van der Waals surface area contributed by atoms with Crippen molar-refractivity contribution >= 4 is 21.7 Å². The Balaban J connectivity index is 2.20. The van der Waals surface area contributed by atoms with E-state index in [9.17, 15) is 31.2 Å². The van der Waals surface area contributed by atoms with Crippen molar-refractivity contribution in [1.82, 2.24) is 4.90 Å². The molecule has 6 nitrogen and oxygen atoms in total. The molecule has 2 saturated heterocycles. The number of sulfone groups is 1. The number of hydrogen-bond donors (Lipinski definition) is 1. The van der Waals surface area contributed by atoms with Crippen LogP contribution in [0.25, 0.3) is 0 Å². The number of alkyl halides is 3. The van der Waals surface area contributed by atoms with E-state index in [2.05, 4.69) is 0 Å². The number of halogens is 3. The van der Waals surface area contributed by atoms with Gasteiger partial charge in [0.25, 0.3) is 0 Å². The fourth-order valence-corrected chi connectivity index (χ4v) is 5.41. The van der Waals surface area contributed by atoms with E-state index in [4.69, 9.17) is 5.11 Å². The normalized spacial score (nSPS) is 32.1. The van der Waals surface area contributed by atoms with Crippen LogP contribution in [-0.4, -0.2) is 60.6 Å². The van der Waals surface area contributed by atoms with E-state index in [0.717, 1.165) is 0 Å². The van der Waals surface area contributed by atoms with Crippen LogP contribution in [0.2, 0.25) is 0 Å². The van der Waals surface area contributed by atoms with Gasteiger partial charge in [0.15, 0.2) is 9.84 Å². The molecule has 0 bridgehead atoms. The summed E-state index contributed by atoms with van der Waals surface area (Å²) < 4.78 is 60.7. The molecule has 2 aliphatic rings. The van der Waals surface area contributed by atoms with E-state index < -0.39 is 57.9 Å². The molecule has 0 aliphatic carbocycles. The Hall–Kier alpha value is -1.32. The Morgan fingerprint density at radius 3 is 2.35 bits per heavy atom. The molecule has 0 aromatic heterocycles. The van der Waals surface area contributed by atoms with Gasteiger partial charge >= 0.3 is 18.1 Å². The highest BCUT2D eigenvalue weighted by molar-refractivity contribution is 7.92. The number of carbonyl (C=O) groups excluding carboxylic acids is 1. The van der Waals surface area contributed by atoms with Gasteiger partial charge < -0.3 is 10.0 Å². The molecule has 0 aromatic carbocycles. The zero-order chi connectivity index (χ0) is 15.3. The second-order valence-electron chi connectivity index (χ2n) is 5.10. The molecule has 2 fully saturated rings. The standard InChI is InChI=1S/C10H12F3NO5S/c11-10(12,13)9(17)14-2-6-5(1-8(15)16)4-20(18,19)7(6)3-14/h5-7H,1-4H2,(H,15,16)/t5-,6+,7+/m1/s1. The number of aliphatic carboxylic acids is 1. The average molecular weight is 315 g/mol. The average Bonchev–Trinajstić information content (AvgIpc) is 2.77. The molecule has 0 aromatic rings. The van der Waals surface area contributed by atoms with E-state index in [-0.39, 0.29) is 12.3 Å². The van der Waals surface area contributed by atoms with Crippen LogP contribution in [0.3, 0.4) is 0 Å². The number of carboxylic acids is 1. The summed E-state index contributed by atoms with van der Waals surface area (Å²) in [5.41, 5.74) is 0. The van der Waals surface area contributed by atoms with Crippen LogP contribution in [-0.2, 0) is 19.4 Å². The predicted octanol–water partition coefficient (Wildman–Crippen LogP) is -0.105. The van der Waals surface area contributed by atoms with Crippen molar-refractivity contribution < 1.29 is 36.3 Å². The van der Waals surface area contributed by atoms with Gasteiger partial charge in [-0.15, -0.1) is 0 Å². The van der Waals surface area contributed by atoms with Crippen LogP contribution in [0.15, 0.2) is 0 Å². The molecule has 114 valence electrons. The second kappa shape index (κ2) is 4.61. The van der Waals surface area contributed by atoms with Gasteiger partial charge in [0.1, 0.15) is 0 Å². The summed E-state index contributed by atoms with van der Waals surface area (Å²) in [6.07, 6.45) is -5.47. The molecule has 0 unspecified atom stereocenters. The highest BCUT2D eigenvalue weighted by Crippen LogP contribution is 2.40. The quantitative estimate of drug-likeness (QED) is 0.768. The van der Waals surface area contributed by atoms with Crippen LogP contribution in [0.1, 0.15) is 6.42 Å². The van der Waals surface area contributed by atoms with E-state index in [1.165, 1.54) is 0 Å². The SMILES string of the molecule is O=C(O)C[C@@H]1CS(=O)(=O)[C@H]2CN(C(=O)C(F)(F)F)C[C@@H]12. The highest BCUT2D eigenvalue weighted by atomic mass is 32.2. The van der Waals surface area contributed by atoms with Crippen LogP contribution in [0.4, 0.5) is 13.2 Å². The zero-order valence-corrected chi connectivity index (χ0v) is 10.9. The van der Waals surface area contributed by atoms with Gasteiger partial charge in [0.05, 0.1) is 11.0 Å². The van der Waals surface area contributed by atoms with Gasteiger partial charge in [0, 0.05) is 19.5 Å². The molecule has 10 heteroatoms. The fraction of sp³-hybridized carbons (Fsp3) is 0.800. The summed E-state index contributed by atoms with van der Waals surface area (Å²) in [6, 6.07) is 0. The first-order chi connectivity index (χ1) is 9.02. The minimum absolute atomic E-state index is 0.345. The molecule has 0 radical (unpaired) electrons. The molecular formula is C10H12F3NO5S. The molecule has 1 amide bonds. The molecule has 2 aliphatic heterocycles. The van der Waals surface area contributed by atoms with Gasteiger partial charge in [0.2, 0.25) is 0 Å². The van der Waals surface area contributed by atoms with Gasteiger partial charge in [-0.25, -0.2) is 8.42 Å². The smallest absolute Gasteiger partial charge is 0.471 e. The van der Waals surface area contributed by atoms with Gasteiger partial charge in [-0.1, -0.05) is 0 Å². The van der Waals surface area contributed by atoms with E-state index >= 15 is 0 Å². The van der Waals surface area contributed by atoms with Crippen LogP contribution in [0.5, 0.6) is 0 Å². The largest absolute Gasteiger partial charge is 0.481 e. The van der Waals surface area contributed by atoms with Crippen molar-refractivity contribution in [2.24, 2.45) is 11.8 Å². The molecule has 0 saturated carbocycles. The maximum Gasteiger partial charge on any atom is 0.471 e. The van der Waals surface area contributed by atoms with E-state index in [0.29, 0.717) is 4.90 Å². The lowest BCUT2D eigenvalue weighted by Gasteiger charge is -2.20. The topological polar surface area (TPSA) is 91.8 Å². The number of carboxylic acid groups (broad SMARTS) is 1. The third-order valence-electron chi connectivity index (χ3n) is 3.79. The molecule has 1 N–H and O–H groups in total. The Morgan fingerprint density at radius 2 is 1.85 bits per heavy atom. The summed E-state index contributed by atoms with van der Waals surface area (Å²) in [6.45, 7) is -0.873. The van der Waals surface area contributed by atoms with Gasteiger partial charge in [-0.3, -0.25) is 9.59 Å². The lowest BCUT2D eigenvalue weighted by atomic mass is 9.91. The van der Waals surface area contributed by atoms with E-state index in [1.54, 1.807) is 0 Å². The highest BCUT2D eigenvalue weighted by Gasteiger charge is 2.56. The minimum Gasteiger partial charge on any atom is -0.481 e. The molecule has 0 spiro atoms. The van der Waals surface area contributed by atoms with Crippen molar-refractivity contribution in [2.45, 2.75) is 17.8 Å². The number of nitrogens with zero attached hydrogens (tertiary/aromatic N) is 1. The summed E-state index contributed by atoms with van der Waals surface area (Å²) in [5.74, 6) is -5.10. The van der Waals surface area contributed by atoms with Crippen molar-refractivity contribution in [2.75, 3.05) is 18.8 Å². The Kier molecular flexibility index (Phi) is 3.47. The van der Waals surface area contributed by atoms with Gasteiger partial charge in [-0.05, 0) is 11.8 Å². The maximum absolute atomic E-state index is 12.3. The van der Waals surface area contributed by atoms with Crippen LogP contribution in [0, 0.1) is 11.8 Å². The first-order valence-corrected chi connectivity index (χ1v) is 7.53. The Bertz CT molecular complexity index is 544. The van der Waals surface area contributed by atoms with E-state index in [1.807, 2.05) is 0 Å². The third kappa shape index (κ3) is 2.60. The molecule has 3 atom stereocenters. The maximum atomic E-state index is 12.3. The number of rotatable bonds is 2. The Morgan fingerprint density at radius 1 is 1.25 bits per heavy atom. The molecule has 20 heavy (non-hydrogen) atoms. The van der Waals surface area contributed by atoms with Crippen LogP contribution >= 0.6 is 0 Å². The second-order valence-corrected chi connectivity index (χ2v) is 7.36. The number of amides is 1. The Labute approximate surface area is 112 Å². The summed E-state index contributed by atoms with van der Waals surface area (Å²) in [4.78, 5) is 22.3. The number of carbonyl (C=O) groups is 2. The number of fused-ring (bicyclic) bond motifs is 1. The zero-order valence-electron chi connectivity index (χ0n) is 10.1. The molecular weight excluding hydrogens is 303 g/mol. The third-order valence-corrected chi connectivity index (χ3v) is 6.10. The summed E-state index contributed by atoms with van der Waals surface area (Å²) >= 11 is 0. The first-order valence-electron chi connectivity index (χ1n) is 5.82. The van der Waals surface area contributed by atoms with Crippen molar-refractivity contribution in [3.05, 3.63) is 0 Å². The number of hydrogen-bond acceptors (Lipinski definition) is 4. The van der Waals surface area contributed by atoms with Crippen molar-refractivity contribution in [3.8, 4) is 0 Å². The van der Waals surface area contributed by atoms with Gasteiger partial charge in [-0.2, -0.15) is 13.2 Å². The molecule has 2 heterocycles. The summed E-state index contributed by atoms with van der Waals surface area (Å²) in [5, 5.41) is 7.63. The lowest BCUT2D eigenvalue weighted by Crippen LogP contribution is -2.41. The summed E-state index contributed by atoms with van der Waals surface area (Å²) in [7, 11) is -3.66. The number of likely N-dealkylation sites (tertiary alicyclic amines) is 1. The predicted molar refractivity (Wildman–Crippen MR) is 59.4 cm³/mol. The monoisotopic (exact) mass is 315 g/mol.